The summed E-state index contributed by atoms with van der Waals surface area (Å²) in [6.07, 6.45) is 0. The fourth-order valence-electron chi connectivity index (χ4n) is 3.37. The van der Waals surface area contributed by atoms with Gasteiger partial charge in [-0.3, -0.25) is 9.47 Å². The summed E-state index contributed by atoms with van der Waals surface area (Å²) in [7, 11) is 0. The van der Waals surface area contributed by atoms with Crippen LogP contribution in [0.3, 0.4) is 0 Å². The summed E-state index contributed by atoms with van der Waals surface area (Å²) in [5.41, 5.74) is 3.42. The van der Waals surface area contributed by atoms with Crippen molar-refractivity contribution in [3.8, 4) is 5.69 Å². The highest BCUT2D eigenvalue weighted by Gasteiger charge is 2.16. The minimum absolute atomic E-state index is 0.620. The average Bonchev–Trinajstić information content (AvgIpc) is 3.16. The van der Waals surface area contributed by atoms with Crippen LogP contribution in [0.1, 0.15) is 11.4 Å². The molecule has 0 aliphatic carbocycles. The highest BCUT2D eigenvalue weighted by Crippen LogP contribution is 2.23. The van der Waals surface area contributed by atoms with E-state index in [9.17, 15) is 0 Å². The monoisotopic (exact) mass is 409 g/mol. The average molecular weight is 410 g/mol. The predicted molar refractivity (Wildman–Crippen MR) is 118 cm³/mol. The smallest absolute Gasteiger partial charge is 0.195 e. The third-order valence-electron chi connectivity index (χ3n) is 4.93. The van der Waals surface area contributed by atoms with Crippen molar-refractivity contribution in [2.24, 2.45) is 0 Å². The van der Waals surface area contributed by atoms with Gasteiger partial charge in [0, 0.05) is 36.8 Å². The molecule has 0 radical (unpaired) electrons. The van der Waals surface area contributed by atoms with Crippen molar-refractivity contribution in [2.45, 2.75) is 18.6 Å². The second kappa shape index (κ2) is 9.91. The Balaban J connectivity index is 1.47. The molecule has 0 spiro atoms. The predicted octanol–water partition coefficient (Wildman–Crippen LogP) is 3.61. The molecule has 0 bridgehead atoms. The van der Waals surface area contributed by atoms with Gasteiger partial charge in [0.05, 0.1) is 19.8 Å². The maximum Gasteiger partial charge on any atom is 0.195 e. The van der Waals surface area contributed by atoms with Crippen LogP contribution in [0.4, 0.5) is 5.69 Å². The molecule has 0 atom stereocenters. The minimum Gasteiger partial charge on any atom is -0.379 e. The Morgan fingerprint density at radius 1 is 1.03 bits per heavy atom. The number of morpholine rings is 1. The molecule has 1 aromatic heterocycles. The molecule has 4 rings (SSSR count). The molecule has 0 unspecified atom stereocenters. The Morgan fingerprint density at radius 2 is 1.86 bits per heavy atom. The molecule has 29 heavy (non-hydrogen) atoms. The second-order valence-corrected chi connectivity index (χ2v) is 8.16. The molecular formula is C22H27N5OS. The van der Waals surface area contributed by atoms with Gasteiger partial charge in [-0.05, 0) is 36.8 Å². The van der Waals surface area contributed by atoms with Crippen molar-refractivity contribution in [2.75, 3.05) is 43.9 Å². The number of aryl methyl sites for hydroxylation is 1. The van der Waals surface area contributed by atoms with E-state index >= 15 is 0 Å². The standard InChI is InChI=1S/C22H27N5OS/c1-18-6-5-7-19(16-18)23-17-21-24-25-22(27(21)20-8-3-2-4-9-20)29-15-12-26-10-13-28-14-11-26/h2-9,16,23H,10-15,17H2,1H3. The van der Waals surface area contributed by atoms with Crippen LogP contribution < -0.4 is 5.32 Å². The van der Waals surface area contributed by atoms with E-state index in [-0.39, 0.29) is 0 Å². The maximum atomic E-state index is 5.43. The Labute approximate surface area is 176 Å². The number of nitrogens with zero attached hydrogens (tertiary/aromatic N) is 4. The molecule has 2 heterocycles. The zero-order valence-electron chi connectivity index (χ0n) is 16.8. The van der Waals surface area contributed by atoms with Gasteiger partial charge in [0.2, 0.25) is 0 Å². The van der Waals surface area contributed by atoms with E-state index < -0.39 is 0 Å². The first-order valence-corrected chi connectivity index (χ1v) is 11.0. The van der Waals surface area contributed by atoms with Crippen LogP contribution in [0.25, 0.3) is 5.69 Å². The second-order valence-electron chi connectivity index (χ2n) is 7.10. The summed E-state index contributed by atoms with van der Waals surface area (Å²) in [6, 6.07) is 18.7. The van der Waals surface area contributed by atoms with E-state index in [2.05, 4.69) is 80.4 Å². The Morgan fingerprint density at radius 3 is 2.66 bits per heavy atom. The van der Waals surface area contributed by atoms with Crippen molar-refractivity contribution in [3.63, 3.8) is 0 Å². The molecule has 1 fully saturated rings. The SMILES string of the molecule is Cc1cccc(NCc2nnc(SCCN3CCOCC3)n2-c2ccccc2)c1. The van der Waals surface area contributed by atoms with Gasteiger partial charge in [-0.15, -0.1) is 10.2 Å². The van der Waals surface area contributed by atoms with Crippen molar-refractivity contribution in [1.29, 1.82) is 0 Å². The van der Waals surface area contributed by atoms with Crippen LogP contribution in [0, 0.1) is 6.92 Å². The number of thioether (sulfide) groups is 1. The Hall–Kier alpha value is -2.35. The normalized spacial score (nSPS) is 14.8. The Kier molecular flexibility index (Phi) is 6.82. The highest BCUT2D eigenvalue weighted by atomic mass is 32.2. The number of benzene rings is 2. The topological polar surface area (TPSA) is 55.2 Å². The number of aromatic nitrogens is 3. The molecule has 152 valence electrons. The van der Waals surface area contributed by atoms with E-state index in [4.69, 9.17) is 4.74 Å². The quantitative estimate of drug-likeness (QED) is 0.574. The lowest BCUT2D eigenvalue weighted by Crippen LogP contribution is -2.37. The zero-order chi connectivity index (χ0) is 19.9. The molecule has 6 nitrogen and oxygen atoms in total. The molecule has 0 saturated carbocycles. The first-order valence-electron chi connectivity index (χ1n) is 10.0. The van der Waals surface area contributed by atoms with Crippen molar-refractivity contribution < 1.29 is 4.74 Å². The van der Waals surface area contributed by atoms with Crippen LogP contribution >= 0.6 is 11.8 Å². The molecule has 2 aromatic carbocycles. The summed E-state index contributed by atoms with van der Waals surface area (Å²) < 4.78 is 7.59. The van der Waals surface area contributed by atoms with Crippen LogP contribution in [0.5, 0.6) is 0 Å². The first-order chi connectivity index (χ1) is 14.3. The molecular weight excluding hydrogens is 382 g/mol. The number of ether oxygens (including phenoxy) is 1. The summed E-state index contributed by atoms with van der Waals surface area (Å²) in [6.45, 7) is 7.44. The van der Waals surface area contributed by atoms with Crippen molar-refractivity contribution >= 4 is 17.4 Å². The van der Waals surface area contributed by atoms with Crippen LogP contribution in [-0.2, 0) is 11.3 Å². The number of rotatable bonds is 8. The number of anilines is 1. The minimum atomic E-state index is 0.620. The maximum absolute atomic E-state index is 5.43. The molecule has 1 saturated heterocycles. The number of para-hydroxylation sites is 1. The molecule has 7 heteroatoms. The summed E-state index contributed by atoms with van der Waals surface area (Å²) in [5.74, 6) is 1.89. The molecule has 0 amide bonds. The highest BCUT2D eigenvalue weighted by molar-refractivity contribution is 7.99. The van der Waals surface area contributed by atoms with Gasteiger partial charge in [-0.25, -0.2) is 0 Å². The Bertz CT molecular complexity index is 909. The lowest BCUT2D eigenvalue weighted by molar-refractivity contribution is 0.0410. The van der Waals surface area contributed by atoms with Gasteiger partial charge in [0.25, 0.3) is 0 Å². The van der Waals surface area contributed by atoms with Crippen LogP contribution in [-0.4, -0.2) is 58.3 Å². The van der Waals surface area contributed by atoms with Gasteiger partial charge in [0.15, 0.2) is 11.0 Å². The van der Waals surface area contributed by atoms with E-state index in [1.165, 1.54) is 5.56 Å². The van der Waals surface area contributed by atoms with Gasteiger partial charge in [-0.1, -0.05) is 42.1 Å². The number of hydrogen-bond donors (Lipinski definition) is 1. The van der Waals surface area contributed by atoms with Crippen molar-refractivity contribution in [3.05, 3.63) is 66.0 Å². The van der Waals surface area contributed by atoms with Crippen LogP contribution in [0.2, 0.25) is 0 Å². The van der Waals surface area contributed by atoms with E-state index in [0.29, 0.717) is 6.54 Å². The van der Waals surface area contributed by atoms with E-state index in [0.717, 1.165) is 61.0 Å². The van der Waals surface area contributed by atoms with E-state index in [1.807, 2.05) is 6.07 Å². The summed E-state index contributed by atoms with van der Waals surface area (Å²) >= 11 is 1.76. The number of nitrogens with one attached hydrogen (secondary N) is 1. The summed E-state index contributed by atoms with van der Waals surface area (Å²) in [5, 5.41) is 13.4. The largest absolute Gasteiger partial charge is 0.379 e. The third kappa shape index (κ3) is 5.38. The molecule has 1 N–H and O–H groups in total. The summed E-state index contributed by atoms with van der Waals surface area (Å²) in [4.78, 5) is 2.44. The fraction of sp³-hybridized carbons (Fsp3) is 0.364. The van der Waals surface area contributed by atoms with Crippen molar-refractivity contribution in [1.82, 2.24) is 19.7 Å². The van der Waals surface area contributed by atoms with Gasteiger partial charge in [0.1, 0.15) is 0 Å². The van der Waals surface area contributed by atoms with E-state index in [1.54, 1.807) is 11.8 Å². The fourth-order valence-corrected chi connectivity index (χ4v) is 4.34. The molecule has 1 aliphatic heterocycles. The molecule has 1 aliphatic rings. The number of hydrogen-bond acceptors (Lipinski definition) is 6. The lowest BCUT2D eigenvalue weighted by Gasteiger charge is -2.26. The van der Waals surface area contributed by atoms with Gasteiger partial charge >= 0.3 is 0 Å². The third-order valence-corrected chi connectivity index (χ3v) is 5.83. The van der Waals surface area contributed by atoms with Crippen LogP contribution in [0.15, 0.2) is 59.8 Å². The molecule has 3 aromatic rings. The zero-order valence-corrected chi connectivity index (χ0v) is 17.6. The first kappa shape index (κ1) is 19.9. The van der Waals surface area contributed by atoms with Gasteiger partial charge < -0.3 is 10.1 Å². The lowest BCUT2D eigenvalue weighted by atomic mass is 10.2. The van der Waals surface area contributed by atoms with Gasteiger partial charge in [-0.2, -0.15) is 0 Å².